The van der Waals surface area contributed by atoms with E-state index >= 15 is 0 Å². The number of hydrogen-bond acceptors (Lipinski definition) is 1. The molecule has 0 atom stereocenters. The molecule has 0 bridgehead atoms. The molecule has 0 aromatic carbocycles. The van der Waals surface area contributed by atoms with Crippen molar-refractivity contribution in [1.82, 2.24) is 0 Å². The molecule has 0 aliphatic carbocycles. The van der Waals surface area contributed by atoms with Crippen LogP contribution in [0.2, 0.25) is 0 Å². The van der Waals surface area contributed by atoms with Crippen LogP contribution in [0.4, 0.5) is 0 Å². The molecule has 0 aliphatic heterocycles. The molecular weight excluding hydrogens is 290 g/mol. The van der Waals surface area contributed by atoms with Gasteiger partial charge in [-0.1, -0.05) is 0 Å². The summed E-state index contributed by atoms with van der Waals surface area (Å²) in [6.45, 7) is 3.44. The molecule has 9 heavy (non-hydrogen) atoms. The van der Waals surface area contributed by atoms with E-state index in [2.05, 4.69) is 0 Å². The Labute approximate surface area is 74.1 Å². The number of aliphatic hydroxyl groups is 1. The first-order chi connectivity index (χ1) is 3.73. The number of rotatable bonds is 0. The number of hydrogen-bond donors (Lipinski definition) is 1. The zero-order chi connectivity index (χ0) is 8.08. The van der Waals surface area contributed by atoms with Gasteiger partial charge in [0.05, 0.1) is 0 Å². The van der Waals surface area contributed by atoms with Gasteiger partial charge in [-0.25, -0.2) is 0 Å². The molecule has 6 heteroatoms. The average Bonchev–Trinajstić information content (AvgIpc) is 1.19. The van der Waals surface area contributed by atoms with E-state index in [1.807, 2.05) is 0 Å². The fourth-order valence-corrected chi connectivity index (χ4v) is 0. The zero-order valence-electron chi connectivity index (χ0n) is 4.94. The standard InChI is InChI=1S/C3H8O.4ClH.Mo/c1-3(2)4;;;;;/h3-4H,1-2H3;4*1H;/q;;;;;+4/p-4. The SMILES string of the molecule is CC(C)O.[Cl][Mo]([Cl])([Cl])[Cl]. The van der Waals surface area contributed by atoms with Crippen LogP contribution in [0.3, 0.4) is 0 Å². The van der Waals surface area contributed by atoms with Crippen molar-refractivity contribution >= 4 is 37.7 Å². The van der Waals surface area contributed by atoms with Crippen molar-refractivity contribution < 1.29 is 17.0 Å². The molecule has 0 amide bonds. The van der Waals surface area contributed by atoms with Gasteiger partial charge in [0.2, 0.25) is 0 Å². The van der Waals surface area contributed by atoms with E-state index < -0.39 is 11.9 Å². The predicted molar refractivity (Wildman–Crippen MR) is 40.8 cm³/mol. The van der Waals surface area contributed by atoms with E-state index in [9.17, 15) is 0 Å². The van der Waals surface area contributed by atoms with Crippen molar-refractivity contribution in [1.29, 1.82) is 0 Å². The molecular formula is C3H8Cl4MoO. The molecule has 0 spiro atoms. The van der Waals surface area contributed by atoms with Gasteiger partial charge < -0.3 is 5.11 Å². The summed E-state index contributed by atoms with van der Waals surface area (Å²) in [6.07, 6.45) is -0.167. The molecule has 0 unspecified atom stereocenters. The molecule has 0 saturated heterocycles. The molecule has 1 nitrogen and oxygen atoms in total. The monoisotopic (exact) mass is 298 g/mol. The number of aliphatic hydroxyl groups excluding tert-OH is 1. The quantitative estimate of drug-likeness (QED) is 0.681. The molecule has 0 fully saturated rings. The Balaban J connectivity index is 0. The van der Waals surface area contributed by atoms with Gasteiger partial charge in [-0.3, -0.25) is 0 Å². The van der Waals surface area contributed by atoms with Gasteiger partial charge in [-0.15, -0.1) is 0 Å². The minimum atomic E-state index is -3.13. The second-order valence-electron chi connectivity index (χ2n) is 1.44. The Morgan fingerprint density at radius 3 is 1.11 bits per heavy atom. The van der Waals surface area contributed by atoms with E-state index in [0.717, 1.165) is 0 Å². The maximum atomic E-state index is 8.06. The van der Waals surface area contributed by atoms with Crippen LogP contribution in [0.25, 0.3) is 0 Å². The van der Waals surface area contributed by atoms with E-state index in [1.54, 1.807) is 13.8 Å². The van der Waals surface area contributed by atoms with Crippen LogP contribution < -0.4 is 0 Å². The van der Waals surface area contributed by atoms with E-state index in [-0.39, 0.29) is 6.10 Å². The molecule has 0 rings (SSSR count). The van der Waals surface area contributed by atoms with Crippen LogP contribution in [-0.4, -0.2) is 11.2 Å². The van der Waals surface area contributed by atoms with Crippen molar-refractivity contribution in [3.8, 4) is 0 Å². The van der Waals surface area contributed by atoms with Gasteiger partial charge in [0, 0.05) is 6.10 Å². The molecule has 0 heterocycles. The summed E-state index contributed by atoms with van der Waals surface area (Å²) in [5.74, 6) is 0. The Kier molecular flexibility index (Phi) is 9.70. The normalized spacial score (nSPS) is 12.4. The topological polar surface area (TPSA) is 20.2 Å². The van der Waals surface area contributed by atoms with Gasteiger partial charge in [-0.05, 0) is 13.8 Å². The summed E-state index contributed by atoms with van der Waals surface area (Å²) in [4.78, 5) is 0. The van der Waals surface area contributed by atoms with Crippen molar-refractivity contribution in [3.63, 3.8) is 0 Å². The van der Waals surface area contributed by atoms with Gasteiger partial charge in [-0.2, -0.15) is 0 Å². The minimum absolute atomic E-state index is 0.167. The first-order valence-corrected chi connectivity index (χ1v) is 12.4. The Hall–Kier alpha value is 1.81. The number of halogens is 4. The molecule has 0 aromatic rings. The van der Waals surface area contributed by atoms with E-state index in [0.29, 0.717) is 0 Å². The molecule has 1 N–H and O–H groups in total. The molecule has 0 aromatic heterocycles. The van der Waals surface area contributed by atoms with Crippen LogP contribution in [0.1, 0.15) is 13.8 Å². The Bertz CT molecular complexity index is 52.6. The van der Waals surface area contributed by atoms with E-state index in [4.69, 9.17) is 42.8 Å². The third-order valence-electron chi connectivity index (χ3n) is 0. The average molecular weight is 298 g/mol. The third-order valence-corrected chi connectivity index (χ3v) is 0. The Morgan fingerprint density at radius 2 is 1.11 bits per heavy atom. The molecule has 0 saturated carbocycles. The van der Waals surface area contributed by atoms with Crippen molar-refractivity contribution in [2.45, 2.75) is 20.0 Å². The summed E-state index contributed by atoms with van der Waals surface area (Å²) < 4.78 is 0. The summed E-state index contributed by atoms with van der Waals surface area (Å²) in [6, 6.07) is 0. The summed E-state index contributed by atoms with van der Waals surface area (Å²) >= 11 is -3.13. The second-order valence-corrected chi connectivity index (χ2v) is 19.7. The Morgan fingerprint density at radius 1 is 1.11 bits per heavy atom. The first-order valence-electron chi connectivity index (χ1n) is 2.03. The molecule has 0 radical (unpaired) electrons. The maximum absolute atomic E-state index is 8.06. The second kappa shape index (κ2) is 6.51. The van der Waals surface area contributed by atoms with Crippen LogP contribution in [-0.2, 0) is 11.9 Å². The van der Waals surface area contributed by atoms with Crippen LogP contribution in [0.5, 0.6) is 0 Å². The summed E-state index contributed by atoms with van der Waals surface area (Å²) in [7, 11) is 20.1. The van der Waals surface area contributed by atoms with Crippen LogP contribution in [0.15, 0.2) is 0 Å². The molecule has 60 valence electrons. The zero-order valence-corrected chi connectivity index (χ0v) is 9.98. The van der Waals surface area contributed by atoms with Crippen LogP contribution >= 0.6 is 37.7 Å². The summed E-state index contributed by atoms with van der Waals surface area (Å²) in [5, 5.41) is 8.06. The van der Waals surface area contributed by atoms with E-state index in [1.165, 1.54) is 0 Å². The van der Waals surface area contributed by atoms with Crippen molar-refractivity contribution in [3.05, 3.63) is 0 Å². The fourth-order valence-electron chi connectivity index (χ4n) is 0. The fraction of sp³-hybridized carbons (Fsp3) is 1.00. The van der Waals surface area contributed by atoms with Gasteiger partial charge in [0.15, 0.2) is 0 Å². The third kappa shape index (κ3) is 183. The first kappa shape index (κ1) is 13.4. The van der Waals surface area contributed by atoms with Crippen molar-refractivity contribution in [2.75, 3.05) is 0 Å². The summed E-state index contributed by atoms with van der Waals surface area (Å²) in [5.41, 5.74) is 0. The van der Waals surface area contributed by atoms with Gasteiger partial charge in [0.1, 0.15) is 0 Å². The van der Waals surface area contributed by atoms with Crippen molar-refractivity contribution in [2.24, 2.45) is 0 Å². The molecule has 0 aliphatic rings. The predicted octanol–water partition coefficient (Wildman–Crippen LogP) is 3.14. The van der Waals surface area contributed by atoms with Crippen LogP contribution in [0, 0.1) is 0 Å². The van der Waals surface area contributed by atoms with Gasteiger partial charge >= 0.3 is 49.6 Å². The van der Waals surface area contributed by atoms with Gasteiger partial charge in [0.25, 0.3) is 0 Å².